The Morgan fingerprint density at radius 1 is 1.07 bits per heavy atom. The van der Waals surface area contributed by atoms with E-state index in [9.17, 15) is 13.2 Å². The second kappa shape index (κ2) is 7.79. The van der Waals surface area contributed by atoms with E-state index in [1.165, 1.54) is 17.4 Å². The summed E-state index contributed by atoms with van der Waals surface area (Å²) >= 11 is 1.05. The highest BCUT2D eigenvalue weighted by atomic mass is 32.2. The van der Waals surface area contributed by atoms with E-state index in [2.05, 4.69) is 15.7 Å². The Hall–Kier alpha value is -2.00. The van der Waals surface area contributed by atoms with E-state index < -0.39 is 10.0 Å². The van der Waals surface area contributed by atoms with Crippen LogP contribution in [0.2, 0.25) is 0 Å². The van der Waals surface area contributed by atoms with Gasteiger partial charge in [0.25, 0.3) is 0 Å². The molecular formula is C20H23N3O3S2. The van der Waals surface area contributed by atoms with Crippen molar-refractivity contribution in [3.63, 3.8) is 0 Å². The third-order valence-corrected chi connectivity index (χ3v) is 7.63. The second-order valence-corrected chi connectivity index (χ2v) is 9.89. The third kappa shape index (κ3) is 3.91. The molecule has 8 heteroatoms. The highest BCUT2D eigenvalue weighted by Crippen LogP contribution is 2.22. The van der Waals surface area contributed by atoms with Crippen molar-refractivity contribution in [2.45, 2.75) is 30.8 Å². The van der Waals surface area contributed by atoms with Crippen molar-refractivity contribution in [2.24, 2.45) is 7.05 Å². The Balaban J connectivity index is 1.53. The first-order valence-corrected chi connectivity index (χ1v) is 11.6. The van der Waals surface area contributed by atoms with Gasteiger partial charge in [-0.3, -0.25) is 9.69 Å². The highest BCUT2D eigenvalue weighted by molar-refractivity contribution is 7.89. The van der Waals surface area contributed by atoms with E-state index in [0.29, 0.717) is 4.70 Å². The number of rotatable bonds is 6. The van der Waals surface area contributed by atoms with Crippen LogP contribution in [0.1, 0.15) is 24.0 Å². The maximum Gasteiger partial charge on any atom is 0.307 e. The van der Waals surface area contributed by atoms with Crippen LogP contribution in [0, 0.1) is 0 Å². The van der Waals surface area contributed by atoms with Gasteiger partial charge >= 0.3 is 4.87 Å². The normalized spacial score (nSPS) is 15.5. The number of fused-ring (bicyclic) bond motifs is 1. The lowest BCUT2D eigenvalue weighted by atomic mass is 10.1. The minimum Gasteiger partial charge on any atom is -0.302 e. The molecule has 1 fully saturated rings. The Kier molecular flexibility index (Phi) is 5.37. The van der Waals surface area contributed by atoms with Crippen molar-refractivity contribution in [3.05, 3.63) is 63.3 Å². The number of thiazole rings is 1. The summed E-state index contributed by atoms with van der Waals surface area (Å²) in [6.07, 6.45) is 2.45. The summed E-state index contributed by atoms with van der Waals surface area (Å²) in [6.45, 7) is 3.29. The first kappa shape index (κ1) is 19.3. The van der Waals surface area contributed by atoms with Crippen molar-refractivity contribution < 1.29 is 8.42 Å². The lowest BCUT2D eigenvalue weighted by Crippen LogP contribution is -2.25. The van der Waals surface area contributed by atoms with Gasteiger partial charge in [0.1, 0.15) is 0 Å². The molecule has 0 atom stereocenters. The number of likely N-dealkylation sites (tertiary alicyclic amines) is 1. The van der Waals surface area contributed by atoms with Gasteiger partial charge in [-0.1, -0.05) is 35.6 Å². The van der Waals surface area contributed by atoms with Gasteiger partial charge < -0.3 is 4.57 Å². The first-order chi connectivity index (χ1) is 13.4. The largest absolute Gasteiger partial charge is 0.307 e. The fraction of sp³-hybridized carbons (Fsp3) is 0.350. The van der Waals surface area contributed by atoms with Gasteiger partial charge in [0.15, 0.2) is 0 Å². The number of nitrogens with zero attached hydrogens (tertiary/aromatic N) is 2. The van der Waals surface area contributed by atoms with Crippen molar-refractivity contribution in [2.75, 3.05) is 13.1 Å². The minimum atomic E-state index is -3.67. The molecule has 1 aromatic heterocycles. The number of sulfonamides is 1. The number of nitrogens with one attached hydrogen (secondary N) is 1. The Morgan fingerprint density at radius 2 is 1.79 bits per heavy atom. The molecule has 0 aliphatic carbocycles. The summed E-state index contributed by atoms with van der Waals surface area (Å²) in [5.41, 5.74) is 2.89. The minimum absolute atomic E-state index is 0.103. The molecule has 2 heterocycles. The van der Waals surface area contributed by atoms with Crippen LogP contribution in [-0.2, 0) is 30.2 Å². The molecule has 1 aliphatic rings. The summed E-state index contributed by atoms with van der Waals surface area (Å²) in [4.78, 5) is 14.3. The number of aromatic nitrogens is 1. The molecule has 0 amide bonds. The summed E-state index contributed by atoms with van der Waals surface area (Å²) in [5, 5.41) is 0. The molecule has 1 aliphatic heterocycles. The maximum absolute atomic E-state index is 12.8. The molecule has 1 N–H and O–H groups in total. The topological polar surface area (TPSA) is 71.4 Å². The lowest BCUT2D eigenvalue weighted by Gasteiger charge is -2.17. The summed E-state index contributed by atoms with van der Waals surface area (Å²) < 4.78 is 30.5. The molecule has 4 rings (SSSR count). The summed E-state index contributed by atoms with van der Waals surface area (Å²) in [5.74, 6) is 0. The van der Waals surface area contributed by atoms with Crippen LogP contribution < -0.4 is 9.60 Å². The monoisotopic (exact) mass is 417 g/mol. The van der Waals surface area contributed by atoms with Crippen LogP contribution in [0.4, 0.5) is 0 Å². The maximum atomic E-state index is 12.8. The summed E-state index contributed by atoms with van der Waals surface area (Å²) in [7, 11) is -1.98. The van der Waals surface area contributed by atoms with E-state index in [1.54, 1.807) is 25.2 Å². The molecule has 0 radical (unpaired) electrons. The van der Waals surface area contributed by atoms with Gasteiger partial charge in [0.2, 0.25) is 10.0 Å². The van der Waals surface area contributed by atoms with Gasteiger partial charge in [-0.15, -0.1) is 0 Å². The Morgan fingerprint density at radius 3 is 2.54 bits per heavy atom. The zero-order valence-electron chi connectivity index (χ0n) is 15.7. The molecule has 6 nitrogen and oxygen atoms in total. The van der Waals surface area contributed by atoms with Crippen LogP contribution in [0.25, 0.3) is 10.2 Å². The molecule has 0 bridgehead atoms. The molecule has 28 heavy (non-hydrogen) atoms. The van der Waals surface area contributed by atoms with Crippen LogP contribution in [0.15, 0.2) is 52.2 Å². The SMILES string of the molecule is Cn1c(=O)sc2cc(S(=O)(=O)NCc3ccccc3CN3CCCC3)ccc21. The van der Waals surface area contributed by atoms with Crippen LogP contribution in [0.3, 0.4) is 0 Å². The fourth-order valence-corrected chi connectivity index (χ4v) is 5.63. The van der Waals surface area contributed by atoms with Crippen LogP contribution in [-0.4, -0.2) is 31.0 Å². The molecule has 1 saturated heterocycles. The van der Waals surface area contributed by atoms with Crippen molar-refractivity contribution in [1.29, 1.82) is 0 Å². The van der Waals surface area contributed by atoms with Gasteiger partial charge in [0.05, 0.1) is 15.1 Å². The molecule has 0 saturated carbocycles. The third-order valence-electron chi connectivity index (χ3n) is 5.24. The van der Waals surface area contributed by atoms with E-state index >= 15 is 0 Å². The molecule has 148 valence electrons. The predicted octanol–water partition coefficient (Wildman–Crippen LogP) is 2.67. The lowest BCUT2D eigenvalue weighted by molar-refractivity contribution is 0.330. The van der Waals surface area contributed by atoms with E-state index in [4.69, 9.17) is 0 Å². The van der Waals surface area contributed by atoms with E-state index in [1.807, 2.05) is 18.2 Å². The number of benzene rings is 2. The van der Waals surface area contributed by atoms with Crippen LogP contribution >= 0.6 is 11.3 Å². The number of hydrogen-bond acceptors (Lipinski definition) is 5. The van der Waals surface area contributed by atoms with Gasteiger partial charge in [-0.25, -0.2) is 13.1 Å². The molecule has 0 spiro atoms. The smallest absolute Gasteiger partial charge is 0.302 e. The van der Waals surface area contributed by atoms with Crippen LogP contribution in [0.5, 0.6) is 0 Å². The number of hydrogen-bond donors (Lipinski definition) is 1. The summed E-state index contributed by atoms with van der Waals surface area (Å²) in [6, 6.07) is 12.8. The Labute approximate surface area is 168 Å². The van der Waals surface area contributed by atoms with Crippen molar-refractivity contribution in [1.82, 2.24) is 14.2 Å². The van der Waals surface area contributed by atoms with Crippen molar-refractivity contribution in [3.8, 4) is 0 Å². The van der Waals surface area contributed by atoms with Gasteiger partial charge in [0, 0.05) is 20.1 Å². The zero-order valence-corrected chi connectivity index (χ0v) is 17.4. The van der Waals surface area contributed by atoms with Gasteiger partial charge in [-0.05, 0) is 55.3 Å². The molecule has 3 aromatic rings. The predicted molar refractivity (Wildman–Crippen MR) is 112 cm³/mol. The standard InChI is InChI=1S/C20H23N3O3S2/c1-22-18-9-8-17(12-19(18)27-20(22)24)28(25,26)21-13-15-6-2-3-7-16(15)14-23-10-4-5-11-23/h2-3,6-9,12,21H,4-5,10-11,13-14H2,1H3. The average Bonchev–Trinajstić information content (AvgIpc) is 3.29. The zero-order chi connectivity index (χ0) is 19.7. The van der Waals surface area contributed by atoms with Crippen molar-refractivity contribution >= 4 is 31.6 Å². The highest BCUT2D eigenvalue weighted by Gasteiger charge is 2.18. The van der Waals surface area contributed by atoms with E-state index in [0.717, 1.165) is 47.6 Å². The molecular weight excluding hydrogens is 394 g/mol. The first-order valence-electron chi connectivity index (χ1n) is 9.32. The average molecular weight is 418 g/mol. The van der Waals surface area contributed by atoms with Gasteiger partial charge in [-0.2, -0.15) is 0 Å². The Bertz CT molecular complexity index is 1160. The van der Waals surface area contributed by atoms with E-state index in [-0.39, 0.29) is 16.3 Å². The molecule has 0 unspecified atom stereocenters. The second-order valence-electron chi connectivity index (χ2n) is 7.13. The number of aryl methyl sites for hydroxylation is 1. The fourth-order valence-electron chi connectivity index (χ4n) is 3.60. The molecule has 2 aromatic carbocycles. The quantitative estimate of drug-likeness (QED) is 0.669.